The van der Waals surface area contributed by atoms with Crippen molar-refractivity contribution < 1.29 is 18.1 Å². The fraction of sp³-hybridized carbons (Fsp3) is 0.222. The topological polar surface area (TPSA) is 37.4 Å². The second-order valence-corrected chi connectivity index (χ2v) is 7.83. The number of hydrogen-bond acceptors (Lipinski definition) is 2. The van der Waals surface area contributed by atoms with Crippen LogP contribution in [0.4, 0.5) is 4.39 Å². The third kappa shape index (κ3) is 4.55. The smallest absolute Gasteiger partial charge is 0.262 e. The minimum absolute atomic E-state index is 0. The van der Waals surface area contributed by atoms with Gasteiger partial charge in [-0.1, -0.05) is 28.3 Å². The molecule has 0 aliphatic rings. The zero-order valence-corrected chi connectivity index (χ0v) is 17.8. The summed E-state index contributed by atoms with van der Waals surface area (Å²) < 4.78 is 13.4. The summed E-state index contributed by atoms with van der Waals surface area (Å²) in [5, 5.41) is 0.440. The summed E-state index contributed by atoms with van der Waals surface area (Å²) in [6.07, 6.45) is 0. The lowest BCUT2D eigenvalue weighted by molar-refractivity contribution is -0.871. The van der Waals surface area contributed by atoms with Crippen molar-refractivity contribution in [3.05, 3.63) is 70.5 Å². The highest BCUT2D eigenvalue weighted by atomic mass is 35.5. The lowest BCUT2D eigenvalue weighted by Gasteiger charge is -2.40. The molecule has 9 heteroatoms. The molecule has 2 amide bonds. The van der Waals surface area contributed by atoms with E-state index < -0.39 is 27.3 Å². The molecule has 27 heavy (non-hydrogen) atoms. The van der Waals surface area contributed by atoms with Crippen LogP contribution in [0.2, 0.25) is 5.02 Å². The van der Waals surface area contributed by atoms with Gasteiger partial charge in [0.1, 0.15) is 11.4 Å². The van der Waals surface area contributed by atoms with E-state index in [0.29, 0.717) is 9.55 Å². The highest BCUT2D eigenvalue weighted by Crippen LogP contribution is 2.37. The molecule has 0 aliphatic heterocycles. The van der Waals surface area contributed by atoms with Crippen LogP contribution in [-0.2, 0) is 0 Å². The quantitative estimate of drug-likeness (QED) is 0.410. The molecule has 146 valence electrons. The molecule has 0 aromatic heterocycles. The molecule has 0 heterocycles. The van der Waals surface area contributed by atoms with Crippen molar-refractivity contribution in [3.8, 4) is 0 Å². The third-order valence-corrected chi connectivity index (χ3v) is 5.28. The predicted octanol–water partition coefficient (Wildman–Crippen LogP) is 6.02. The number of hydrogen-bond donors (Lipinski definition) is 0. The van der Waals surface area contributed by atoms with Crippen LogP contribution >= 0.6 is 47.6 Å². The van der Waals surface area contributed by atoms with Crippen LogP contribution in [0, 0.1) is 5.82 Å². The number of carbonyl (C=O) groups is 2. The summed E-state index contributed by atoms with van der Waals surface area (Å²) in [7, 11) is 0. The maximum absolute atomic E-state index is 14.0. The molecule has 0 aliphatic carbocycles. The third-order valence-electron chi connectivity index (χ3n) is 3.76. The van der Waals surface area contributed by atoms with Crippen LogP contribution in [0.25, 0.3) is 0 Å². The number of rotatable bonds is 2. The molecule has 0 radical (unpaired) electrons. The Hall–Kier alpha value is -1.37. The van der Waals surface area contributed by atoms with Gasteiger partial charge in [0.15, 0.2) is 0 Å². The van der Waals surface area contributed by atoms with Gasteiger partial charge in [-0.3, -0.25) is 4.79 Å². The summed E-state index contributed by atoms with van der Waals surface area (Å²) in [6, 6.07) is 11.3. The second-order valence-electron chi connectivity index (χ2n) is 6.58. The van der Waals surface area contributed by atoms with E-state index >= 15 is 0 Å². The average Bonchev–Trinajstić information content (AvgIpc) is 2.59. The van der Waals surface area contributed by atoms with Crippen molar-refractivity contribution in [2.75, 3.05) is 0 Å². The lowest BCUT2D eigenvalue weighted by Crippen LogP contribution is -2.64. The minimum atomic E-state index is -1.12. The highest BCUT2D eigenvalue weighted by Gasteiger charge is 2.56. The van der Waals surface area contributed by atoms with Gasteiger partial charge in [0, 0.05) is 5.02 Å². The molecule has 4 nitrogen and oxygen atoms in total. The van der Waals surface area contributed by atoms with Crippen LogP contribution in [0.15, 0.2) is 48.5 Å². The van der Waals surface area contributed by atoms with E-state index in [0.717, 1.165) is 6.07 Å². The van der Waals surface area contributed by atoms with Gasteiger partial charge >= 0.3 is 11.8 Å². The van der Waals surface area contributed by atoms with E-state index in [4.69, 9.17) is 35.2 Å². The van der Waals surface area contributed by atoms with Crippen LogP contribution in [0.3, 0.4) is 0 Å². The molecule has 0 bridgehead atoms. The van der Waals surface area contributed by atoms with Crippen molar-refractivity contribution in [1.29, 1.82) is 0 Å². The van der Waals surface area contributed by atoms with Gasteiger partial charge < -0.3 is 0 Å². The zero-order valence-electron chi connectivity index (χ0n) is 14.7. The Labute approximate surface area is 178 Å². The SMILES string of the molecule is CC(C)(C)[N+](Cl)(C(=O)c1ccc(Cl)cc1)N(Cl)C(=O)c1ccccc1F.Cl. The largest absolute Gasteiger partial charge is 0.390 e. The molecule has 0 N–H and O–H groups in total. The van der Waals surface area contributed by atoms with Gasteiger partial charge in [-0.15, -0.1) is 12.4 Å². The lowest BCUT2D eigenvalue weighted by atomic mass is 10.1. The Balaban J connectivity index is 0.00000364. The summed E-state index contributed by atoms with van der Waals surface area (Å²) in [4.78, 5) is 25.8. The molecule has 0 spiro atoms. The van der Waals surface area contributed by atoms with E-state index in [-0.39, 0.29) is 23.5 Å². The zero-order chi connectivity index (χ0) is 19.7. The van der Waals surface area contributed by atoms with Crippen LogP contribution < -0.4 is 0 Å². The molecular weight excluding hydrogens is 437 g/mol. The Bertz CT molecular complexity index is 840. The van der Waals surface area contributed by atoms with E-state index in [2.05, 4.69) is 0 Å². The molecule has 1 unspecified atom stereocenters. The van der Waals surface area contributed by atoms with Gasteiger partial charge in [0.25, 0.3) is 0 Å². The molecule has 1 atom stereocenters. The van der Waals surface area contributed by atoms with E-state index in [9.17, 15) is 14.0 Å². The van der Waals surface area contributed by atoms with Crippen molar-refractivity contribution in [2.45, 2.75) is 26.3 Å². The fourth-order valence-electron chi connectivity index (χ4n) is 2.27. The van der Waals surface area contributed by atoms with E-state index in [1.807, 2.05) is 0 Å². The minimum Gasteiger partial charge on any atom is -0.262 e. The van der Waals surface area contributed by atoms with Gasteiger partial charge in [0.2, 0.25) is 11.8 Å². The maximum atomic E-state index is 14.0. The first-order valence-electron chi connectivity index (χ1n) is 7.64. The van der Waals surface area contributed by atoms with Crippen LogP contribution in [-0.4, -0.2) is 26.0 Å². The Kier molecular flexibility index (Phi) is 7.68. The van der Waals surface area contributed by atoms with Crippen molar-refractivity contribution in [3.63, 3.8) is 0 Å². The first-order chi connectivity index (χ1) is 12.0. The summed E-state index contributed by atoms with van der Waals surface area (Å²) in [5.41, 5.74) is -1.12. The second kappa shape index (κ2) is 8.76. The van der Waals surface area contributed by atoms with Crippen molar-refractivity contribution in [2.24, 2.45) is 0 Å². The number of halogens is 5. The van der Waals surface area contributed by atoms with Gasteiger partial charge in [-0.2, -0.15) is 0 Å². The molecule has 2 rings (SSSR count). The van der Waals surface area contributed by atoms with E-state index in [1.165, 1.54) is 42.5 Å². The van der Waals surface area contributed by atoms with Crippen LogP contribution in [0.1, 0.15) is 41.5 Å². The predicted molar refractivity (Wildman–Crippen MR) is 107 cm³/mol. The van der Waals surface area contributed by atoms with Gasteiger partial charge in [-0.25, -0.2) is 9.18 Å². The Morgan fingerprint density at radius 3 is 2.04 bits per heavy atom. The summed E-state index contributed by atoms with van der Waals surface area (Å²) in [5.74, 6) is -2.35. The number of amides is 2. The molecular formula is C18H18Cl4FN2O2+. The Morgan fingerprint density at radius 2 is 1.56 bits per heavy atom. The molecule has 0 saturated heterocycles. The molecule has 0 fully saturated rings. The number of nitrogens with zero attached hydrogens (tertiary/aromatic N) is 2. The number of benzene rings is 2. The maximum Gasteiger partial charge on any atom is 0.390 e. The number of quaternary nitrogens is 1. The van der Waals surface area contributed by atoms with Gasteiger partial charge in [-0.05, 0) is 61.3 Å². The standard InChI is InChI=1S/C18H17Cl3FN2O2.ClH/c1-18(2,3)24(21,17(26)12-8-10-13(19)11-9-12)23(20)16(25)14-6-4-5-7-15(14)22;/h4-11H,1-3H3;1H/q+1;. The first-order valence-corrected chi connectivity index (χ1v) is 8.70. The Morgan fingerprint density at radius 1 is 1.04 bits per heavy atom. The first kappa shape index (κ1) is 23.7. The molecule has 2 aromatic carbocycles. The number of carbonyl (C=O) groups excluding carboxylic acids is 2. The highest BCUT2D eigenvalue weighted by molar-refractivity contribution is 6.30. The van der Waals surface area contributed by atoms with Crippen molar-refractivity contribution >= 4 is 59.4 Å². The average molecular weight is 455 g/mol. The monoisotopic (exact) mass is 453 g/mol. The molecule has 2 aromatic rings. The summed E-state index contributed by atoms with van der Waals surface area (Å²) in [6.45, 7) is 4.91. The van der Waals surface area contributed by atoms with E-state index in [1.54, 1.807) is 20.8 Å². The van der Waals surface area contributed by atoms with Gasteiger partial charge in [0.05, 0.1) is 22.9 Å². The van der Waals surface area contributed by atoms with Crippen LogP contribution in [0.5, 0.6) is 0 Å². The normalized spacial score (nSPS) is 13.3. The summed E-state index contributed by atoms with van der Waals surface area (Å²) >= 11 is 18.7. The van der Waals surface area contributed by atoms with Crippen molar-refractivity contribution in [1.82, 2.24) is 4.53 Å². The fourth-order valence-corrected chi connectivity index (χ4v) is 2.95. The molecule has 0 saturated carbocycles.